The van der Waals surface area contributed by atoms with Gasteiger partial charge in [-0.25, -0.2) is 8.42 Å². The van der Waals surface area contributed by atoms with Crippen LogP contribution in [-0.2, 0) is 23.0 Å². The Morgan fingerprint density at radius 3 is 1.62 bits per heavy atom. The summed E-state index contributed by atoms with van der Waals surface area (Å²) in [5, 5.41) is 0. The number of hydrogen-bond donors (Lipinski definition) is 0. The molecular weight excluding hydrogens is 391 g/mol. The minimum absolute atomic E-state index is 0. The van der Waals surface area contributed by atoms with Gasteiger partial charge in [0.15, 0.2) is 0 Å². The zero-order chi connectivity index (χ0) is 20.7. The number of aryl methyl sites for hydroxylation is 1. The van der Waals surface area contributed by atoms with Crippen molar-refractivity contribution >= 4 is 10.1 Å². The van der Waals surface area contributed by atoms with Crippen LogP contribution < -0.4 is 29.6 Å². The summed E-state index contributed by atoms with van der Waals surface area (Å²) in [6.45, 7) is 4.44. The predicted octanol–water partition coefficient (Wildman–Crippen LogP) is 4.18. The quantitative estimate of drug-likeness (QED) is 0.211. The molecule has 1 aromatic rings. The molecule has 0 heterocycles. The third-order valence-corrected chi connectivity index (χ3v) is 6.50. The van der Waals surface area contributed by atoms with Gasteiger partial charge in [0.25, 0.3) is 0 Å². The molecule has 0 fully saturated rings. The van der Waals surface area contributed by atoms with Crippen molar-refractivity contribution in [3.63, 3.8) is 0 Å². The largest absolute Gasteiger partial charge is 1.00 e. The average molecular weight is 433 g/mol. The number of unbranched alkanes of at least 4 members (excludes halogenated alkanes) is 12. The van der Waals surface area contributed by atoms with E-state index in [1.807, 2.05) is 6.07 Å². The zero-order valence-electron chi connectivity index (χ0n) is 19.2. The maximum atomic E-state index is 11.7. The second kappa shape index (κ2) is 17.8. The first-order chi connectivity index (χ1) is 13.5. The van der Waals surface area contributed by atoms with Gasteiger partial charge >= 0.3 is 29.6 Å². The molecule has 0 spiro atoms. The van der Waals surface area contributed by atoms with Crippen LogP contribution in [0.5, 0.6) is 0 Å². The topological polar surface area (TPSA) is 57.2 Å². The van der Waals surface area contributed by atoms with Crippen LogP contribution in [0, 0.1) is 0 Å². The predicted molar refractivity (Wildman–Crippen MR) is 118 cm³/mol. The van der Waals surface area contributed by atoms with Crippen molar-refractivity contribution in [3.05, 3.63) is 29.3 Å². The summed E-state index contributed by atoms with van der Waals surface area (Å²) < 4.78 is 35.2. The van der Waals surface area contributed by atoms with Gasteiger partial charge in [0.05, 0.1) is 4.90 Å². The van der Waals surface area contributed by atoms with E-state index in [4.69, 9.17) is 0 Å². The van der Waals surface area contributed by atoms with Crippen molar-refractivity contribution in [2.75, 3.05) is 0 Å². The fourth-order valence-electron chi connectivity index (χ4n) is 3.89. The van der Waals surface area contributed by atoms with E-state index in [-0.39, 0.29) is 34.5 Å². The normalized spacial score (nSPS) is 11.4. The van der Waals surface area contributed by atoms with Crippen LogP contribution in [0.15, 0.2) is 23.1 Å². The van der Waals surface area contributed by atoms with Gasteiger partial charge in [0.2, 0.25) is 0 Å². The number of hydrogen-bond acceptors (Lipinski definition) is 3. The van der Waals surface area contributed by atoms with E-state index in [2.05, 4.69) is 13.8 Å². The minimum atomic E-state index is -4.41. The summed E-state index contributed by atoms with van der Waals surface area (Å²) in [4.78, 5) is 0.0129. The van der Waals surface area contributed by atoms with E-state index in [9.17, 15) is 13.0 Å². The van der Waals surface area contributed by atoms with Gasteiger partial charge in [-0.05, 0) is 42.9 Å². The van der Waals surface area contributed by atoms with E-state index >= 15 is 0 Å². The molecule has 0 saturated heterocycles. The zero-order valence-corrected chi connectivity index (χ0v) is 22.0. The van der Waals surface area contributed by atoms with Crippen LogP contribution in [0.25, 0.3) is 0 Å². The van der Waals surface area contributed by atoms with Crippen LogP contribution in [0.1, 0.15) is 115 Å². The fourth-order valence-corrected chi connectivity index (χ4v) is 4.67. The van der Waals surface area contributed by atoms with Gasteiger partial charge in [-0.3, -0.25) is 0 Å². The Bertz CT molecular complexity index is 629. The van der Waals surface area contributed by atoms with Crippen molar-refractivity contribution < 1.29 is 42.5 Å². The summed E-state index contributed by atoms with van der Waals surface area (Å²) in [5.74, 6) is 0. The Labute approximate surface area is 202 Å². The van der Waals surface area contributed by atoms with E-state index in [0.29, 0.717) is 6.42 Å². The van der Waals surface area contributed by atoms with E-state index in [1.54, 1.807) is 6.07 Å². The Morgan fingerprint density at radius 1 is 0.690 bits per heavy atom. The molecule has 0 N–H and O–H groups in total. The third-order valence-electron chi connectivity index (χ3n) is 5.58. The Kier molecular flexibility index (Phi) is 17.9. The molecule has 0 aliphatic carbocycles. The van der Waals surface area contributed by atoms with E-state index in [0.717, 1.165) is 36.8 Å². The number of rotatable bonds is 17. The first-order valence-electron chi connectivity index (χ1n) is 11.6. The smallest absolute Gasteiger partial charge is 0.744 e. The van der Waals surface area contributed by atoms with Gasteiger partial charge in [0, 0.05) is 0 Å². The minimum Gasteiger partial charge on any atom is -0.744 e. The molecule has 0 saturated carbocycles. The van der Waals surface area contributed by atoms with Gasteiger partial charge in [0.1, 0.15) is 10.1 Å². The monoisotopic (exact) mass is 432 g/mol. The van der Waals surface area contributed by atoms with Crippen LogP contribution in [0.3, 0.4) is 0 Å². The molecular formula is C24H41NaO3S. The van der Waals surface area contributed by atoms with Gasteiger partial charge in [-0.15, -0.1) is 0 Å². The first-order valence-corrected chi connectivity index (χ1v) is 13.0. The van der Waals surface area contributed by atoms with Crippen molar-refractivity contribution in [3.8, 4) is 0 Å². The van der Waals surface area contributed by atoms with Gasteiger partial charge in [-0.1, -0.05) is 103 Å². The van der Waals surface area contributed by atoms with Crippen molar-refractivity contribution in [1.82, 2.24) is 0 Å². The molecule has 162 valence electrons. The number of benzene rings is 1. The summed E-state index contributed by atoms with van der Waals surface area (Å²) in [5.41, 5.74) is 1.86. The second-order valence-electron chi connectivity index (χ2n) is 8.09. The molecule has 0 bridgehead atoms. The van der Waals surface area contributed by atoms with Crippen molar-refractivity contribution in [2.45, 2.75) is 121 Å². The molecule has 29 heavy (non-hydrogen) atoms. The third kappa shape index (κ3) is 13.2. The molecule has 0 aliphatic heterocycles. The maximum Gasteiger partial charge on any atom is 1.00 e. The molecule has 5 heteroatoms. The molecule has 1 rings (SSSR count). The molecule has 0 aliphatic rings. The van der Waals surface area contributed by atoms with Crippen LogP contribution in [0.2, 0.25) is 0 Å². The molecule has 0 amide bonds. The van der Waals surface area contributed by atoms with Crippen LogP contribution >= 0.6 is 0 Å². The molecule has 0 unspecified atom stereocenters. The van der Waals surface area contributed by atoms with Crippen molar-refractivity contribution in [1.29, 1.82) is 0 Å². The van der Waals surface area contributed by atoms with E-state index in [1.165, 1.54) is 76.7 Å². The van der Waals surface area contributed by atoms with Crippen molar-refractivity contribution in [2.24, 2.45) is 0 Å². The Morgan fingerprint density at radius 2 is 1.14 bits per heavy atom. The summed E-state index contributed by atoms with van der Waals surface area (Å²) in [7, 11) is -4.41. The summed E-state index contributed by atoms with van der Waals surface area (Å²) in [6, 6.07) is 5.24. The molecule has 0 atom stereocenters. The second-order valence-corrected chi connectivity index (χ2v) is 9.44. The molecule has 0 radical (unpaired) electrons. The average Bonchev–Trinajstić information content (AvgIpc) is 2.66. The summed E-state index contributed by atoms with van der Waals surface area (Å²) in [6.07, 6.45) is 18.6. The fraction of sp³-hybridized carbons (Fsp3) is 0.750. The SMILES string of the molecule is CCCCCCCCCc1cccc(S(=O)(=O)[O-])c1CCCCCCCCC.[Na+]. The molecule has 0 aromatic heterocycles. The van der Waals surface area contributed by atoms with Crippen LogP contribution in [-0.4, -0.2) is 13.0 Å². The van der Waals surface area contributed by atoms with Gasteiger partial charge in [-0.2, -0.15) is 0 Å². The van der Waals surface area contributed by atoms with Gasteiger partial charge < -0.3 is 4.55 Å². The maximum absolute atomic E-state index is 11.7. The Hall–Kier alpha value is 0.130. The molecule has 1 aromatic carbocycles. The first kappa shape index (κ1) is 29.1. The summed E-state index contributed by atoms with van der Waals surface area (Å²) >= 11 is 0. The van der Waals surface area contributed by atoms with Crippen LogP contribution in [0.4, 0.5) is 0 Å². The Balaban J connectivity index is 0.00000784. The molecule has 3 nitrogen and oxygen atoms in total. The van der Waals surface area contributed by atoms with E-state index < -0.39 is 10.1 Å². The standard InChI is InChI=1S/C24H42O3S.Na/c1-3-5-7-9-11-13-15-18-22-19-17-21-24(28(25,26)27)23(22)20-16-14-12-10-8-6-4-2;/h17,19,21H,3-16,18,20H2,1-2H3,(H,25,26,27);/q;+1/p-1.